The van der Waals surface area contributed by atoms with Crippen molar-refractivity contribution in [3.8, 4) is 0 Å². The standard InChI is InChI=1S/C2H5FN2O2/c3-5-1-2(6)7-4/h5H,1,4H2. The van der Waals surface area contributed by atoms with Crippen LogP contribution in [0.1, 0.15) is 0 Å². The normalized spacial score (nSPS) is 8.29. The molecule has 0 aliphatic carbocycles. The minimum atomic E-state index is -0.831. The molecule has 0 spiro atoms. The highest BCUT2D eigenvalue weighted by atomic mass is 19.2. The molecule has 0 bridgehead atoms. The average molecular weight is 108 g/mol. The van der Waals surface area contributed by atoms with Gasteiger partial charge < -0.3 is 4.84 Å². The zero-order valence-corrected chi connectivity index (χ0v) is 3.48. The summed E-state index contributed by atoms with van der Waals surface area (Å²) in [6.45, 7) is -0.503. The van der Waals surface area contributed by atoms with Gasteiger partial charge in [0.1, 0.15) is 6.54 Å². The molecular formula is C2H5FN2O2. The fraction of sp³-hybridized carbons (Fsp3) is 0.500. The Kier molecular flexibility index (Phi) is 3.17. The van der Waals surface area contributed by atoms with Gasteiger partial charge in [0.2, 0.25) is 0 Å². The smallest absolute Gasteiger partial charge is 0.341 e. The summed E-state index contributed by atoms with van der Waals surface area (Å²) in [6.07, 6.45) is 0. The van der Waals surface area contributed by atoms with Gasteiger partial charge in [-0.15, -0.1) is 10.0 Å². The van der Waals surface area contributed by atoms with Gasteiger partial charge in [0.15, 0.2) is 0 Å². The molecule has 4 nitrogen and oxygen atoms in total. The molecule has 3 N–H and O–H groups in total. The first-order valence-electron chi connectivity index (χ1n) is 1.54. The van der Waals surface area contributed by atoms with E-state index in [1.807, 2.05) is 0 Å². The Labute approximate surface area is 39.3 Å². The van der Waals surface area contributed by atoms with E-state index >= 15 is 0 Å². The summed E-state index contributed by atoms with van der Waals surface area (Å²) in [5, 5.41) is 0. The average Bonchev–Trinajstić information content (AvgIpc) is 1.68. The minimum absolute atomic E-state index is 0.503. The van der Waals surface area contributed by atoms with Crippen molar-refractivity contribution in [1.82, 2.24) is 5.54 Å². The van der Waals surface area contributed by atoms with Crippen LogP contribution in [0.15, 0.2) is 0 Å². The number of hydrogen-bond acceptors (Lipinski definition) is 4. The maximum Gasteiger partial charge on any atom is 0.341 e. The summed E-state index contributed by atoms with van der Waals surface area (Å²) in [4.78, 5) is 13.3. The van der Waals surface area contributed by atoms with Crippen molar-refractivity contribution < 1.29 is 14.1 Å². The highest BCUT2D eigenvalue weighted by molar-refractivity contribution is 5.70. The van der Waals surface area contributed by atoms with Crippen molar-refractivity contribution in [2.45, 2.75) is 0 Å². The summed E-state index contributed by atoms with van der Waals surface area (Å²) in [7, 11) is 0. The largest absolute Gasteiger partial charge is 0.372 e. The van der Waals surface area contributed by atoms with E-state index in [0.29, 0.717) is 0 Å². The lowest BCUT2D eigenvalue weighted by molar-refractivity contribution is -0.143. The predicted molar refractivity (Wildman–Crippen MR) is 19.4 cm³/mol. The molecule has 0 rings (SSSR count). The maximum absolute atomic E-state index is 10.8. The Hall–Kier alpha value is -0.680. The SMILES string of the molecule is NOC(=O)CNF. The van der Waals surface area contributed by atoms with Crippen molar-refractivity contribution in [3.05, 3.63) is 0 Å². The van der Waals surface area contributed by atoms with E-state index in [0.717, 1.165) is 5.54 Å². The van der Waals surface area contributed by atoms with E-state index in [1.165, 1.54) is 0 Å². The Morgan fingerprint density at radius 3 is 2.71 bits per heavy atom. The number of rotatable bonds is 2. The van der Waals surface area contributed by atoms with Gasteiger partial charge in [0.05, 0.1) is 0 Å². The third kappa shape index (κ3) is 3.14. The second kappa shape index (κ2) is 3.51. The quantitative estimate of drug-likeness (QED) is 0.347. The fourth-order valence-corrected chi connectivity index (χ4v) is 0.0962. The van der Waals surface area contributed by atoms with Gasteiger partial charge in [-0.2, -0.15) is 5.90 Å². The molecule has 0 saturated heterocycles. The van der Waals surface area contributed by atoms with Crippen molar-refractivity contribution >= 4 is 5.97 Å². The molecule has 0 aliphatic heterocycles. The molecule has 0 aromatic carbocycles. The summed E-state index contributed by atoms with van der Waals surface area (Å²) in [6, 6.07) is 0. The van der Waals surface area contributed by atoms with Crippen LogP contribution in [0, 0.1) is 0 Å². The van der Waals surface area contributed by atoms with Gasteiger partial charge in [0.25, 0.3) is 0 Å². The second-order valence-electron chi connectivity index (χ2n) is 0.800. The lowest BCUT2D eigenvalue weighted by atomic mass is 10.7. The van der Waals surface area contributed by atoms with Crippen molar-refractivity contribution in [2.75, 3.05) is 6.54 Å². The summed E-state index contributed by atoms with van der Waals surface area (Å²) in [5.41, 5.74) is 1.06. The third-order valence-electron chi connectivity index (χ3n) is 0.343. The van der Waals surface area contributed by atoms with Crippen LogP contribution in [0.5, 0.6) is 0 Å². The Balaban J connectivity index is 3.00. The number of halogens is 1. The van der Waals surface area contributed by atoms with E-state index in [-0.39, 0.29) is 0 Å². The number of nitrogens with two attached hydrogens (primary N) is 1. The molecule has 0 aliphatic rings. The molecular weight excluding hydrogens is 103 g/mol. The van der Waals surface area contributed by atoms with Gasteiger partial charge in [-0.05, 0) is 0 Å². The first-order valence-corrected chi connectivity index (χ1v) is 1.54. The lowest BCUT2D eigenvalue weighted by Gasteiger charge is -1.89. The topological polar surface area (TPSA) is 64.3 Å². The van der Waals surface area contributed by atoms with Crippen LogP contribution in [0.2, 0.25) is 0 Å². The third-order valence-corrected chi connectivity index (χ3v) is 0.343. The van der Waals surface area contributed by atoms with Crippen LogP contribution < -0.4 is 11.4 Å². The van der Waals surface area contributed by atoms with Crippen LogP contribution in [-0.4, -0.2) is 12.5 Å². The van der Waals surface area contributed by atoms with Crippen LogP contribution in [0.4, 0.5) is 4.48 Å². The van der Waals surface area contributed by atoms with Crippen molar-refractivity contribution in [1.29, 1.82) is 0 Å². The molecule has 0 aromatic rings. The summed E-state index contributed by atoms with van der Waals surface area (Å²) < 4.78 is 10.8. The van der Waals surface area contributed by atoms with Crippen LogP contribution in [0.25, 0.3) is 0 Å². The van der Waals surface area contributed by atoms with Gasteiger partial charge in [0, 0.05) is 0 Å². The highest BCUT2D eigenvalue weighted by Crippen LogP contribution is 1.63. The van der Waals surface area contributed by atoms with Crippen LogP contribution in [0.3, 0.4) is 0 Å². The molecule has 42 valence electrons. The molecule has 0 radical (unpaired) electrons. The van der Waals surface area contributed by atoms with Crippen molar-refractivity contribution in [3.63, 3.8) is 0 Å². The van der Waals surface area contributed by atoms with E-state index in [4.69, 9.17) is 0 Å². The molecule has 5 heteroatoms. The number of hydrogen-bond donors (Lipinski definition) is 2. The summed E-state index contributed by atoms with van der Waals surface area (Å²) in [5.74, 6) is 3.47. The van der Waals surface area contributed by atoms with Crippen molar-refractivity contribution in [2.24, 2.45) is 5.90 Å². The van der Waals surface area contributed by atoms with Gasteiger partial charge in [-0.25, -0.2) is 4.79 Å². The maximum atomic E-state index is 10.8. The molecule has 0 heterocycles. The monoisotopic (exact) mass is 108 g/mol. The molecule has 0 aromatic heterocycles. The lowest BCUT2D eigenvalue weighted by Crippen LogP contribution is -2.20. The zero-order valence-electron chi connectivity index (χ0n) is 3.48. The van der Waals surface area contributed by atoms with E-state index in [2.05, 4.69) is 10.7 Å². The molecule has 0 atom stereocenters. The van der Waals surface area contributed by atoms with Gasteiger partial charge >= 0.3 is 5.97 Å². The molecule has 0 unspecified atom stereocenters. The molecule has 0 amide bonds. The first-order chi connectivity index (χ1) is 3.31. The van der Waals surface area contributed by atoms with Crippen LogP contribution >= 0.6 is 0 Å². The second-order valence-corrected chi connectivity index (χ2v) is 0.800. The van der Waals surface area contributed by atoms with E-state index < -0.39 is 12.5 Å². The molecule has 7 heavy (non-hydrogen) atoms. The van der Waals surface area contributed by atoms with Crippen LogP contribution in [-0.2, 0) is 9.63 Å². The van der Waals surface area contributed by atoms with Gasteiger partial charge in [-0.3, -0.25) is 0 Å². The zero-order chi connectivity index (χ0) is 5.70. The Morgan fingerprint density at radius 2 is 2.57 bits per heavy atom. The predicted octanol–water partition coefficient (Wildman–Crippen LogP) is -1.12. The number of carbonyl (C=O) groups excluding carboxylic acids is 1. The minimum Gasteiger partial charge on any atom is -0.372 e. The van der Waals surface area contributed by atoms with E-state index in [1.54, 1.807) is 0 Å². The summed E-state index contributed by atoms with van der Waals surface area (Å²) >= 11 is 0. The fourth-order valence-electron chi connectivity index (χ4n) is 0.0962. The van der Waals surface area contributed by atoms with E-state index in [9.17, 15) is 9.28 Å². The molecule has 0 saturated carbocycles. The Bertz CT molecular complexity index is 66.7. The molecule has 0 fully saturated rings. The number of carbonyl (C=O) groups is 1. The van der Waals surface area contributed by atoms with Gasteiger partial charge in [-0.1, -0.05) is 0 Å². The first kappa shape index (κ1) is 6.32. The Morgan fingerprint density at radius 1 is 2.00 bits per heavy atom. The number of nitrogens with one attached hydrogen (secondary N) is 1. The highest BCUT2D eigenvalue weighted by Gasteiger charge is 1.95.